The van der Waals surface area contributed by atoms with E-state index in [1.807, 2.05) is 31.7 Å². The lowest BCUT2D eigenvalue weighted by Crippen LogP contribution is -2.54. The van der Waals surface area contributed by atoms with E-state index in [2.05, 4.69) is 15.1 Å². The Bertz CT molecular complexity index is 1190. The van der Waals surface area contributed by atoms with Gasteiger partial charge in [0.25, 0.3) is 11.8 Å². The minimum absolute atomic E-state index is 0.0965. The van der Waals surface area contributed by atoms with Crippen LogP contribution in [0.4, 0.5) is 10.5 Å². The molecule has 0 radical (unpaired) electrons. The number of piperazine rings is 1. The fourth-order valence-corrected chi connectivity index (χ4v) is 5.92. The molecule has 0 aromatic heterocycles. The number of carbonyl (C=O) groups is 5. The molecule has 3 saturated heterocycles. The number of amides is 5. The highest BCUT2D eigenvalue weighted by atomic mass is 16.6. The molecule has 4 aliphatic heterocycles. The van der Waals surface area contributed by atoms with Crippen molar-refractivity contribution in [2.45, 2.75) is 58.1 Å². The summed E-state index contributed by atoms with van der Waals surface area (Å²) < 4.78 is 5.56. The monoisotopic (exact) mass is 539 g/mol. The molecule has 11 nitrogen and oxygen atoms in total. The van der Waals surface area contributed by atoms with E-state index in [0.717, 1.165) is 62.7 Å². The summed E-state index contributed by atoms with van der Waals surface area (Å²) in [6.07, 6.45) is 2.06. The Balaban J connectivity index is 1.17. The van der Waals surface area contributed by atoms with Crippen molar-refractivity contribution in [2.75, 3.05) is 50.7 Å². The molecular formula is C28H37N5O6. The zero-order chi connectivity index (χ0) is 27.9. The number of hydrogen-bond acceptors (Lipinski definition) is 8. The van der Waals surface area contributed by atoms with E-state index < -0.39 is 35.3 Å². The third kappa shape index (κ3) is 5.78. The summed E-state index contributed by atoms with van der Waals surface area (Å²) in [4.78, 5) is 69.9. The number of anilines is 1. The van der Waals surface area contributed by atoms with Gasteiger partial charge in [-0.1, -0.05) is 0 Å². The van der Waals surface area contributed by atoms with Crippen LogP contribution in [0, 0.1) is 5.92 Å². The van der Waals surface area contributed by atoms with Crippen molar-refractivity contribution < 1.29 is 28.7 Å². The summed E-state index contributed by atoms with van der Waals surface area (Å²) in [5.74, 6) is -1.58. The molecule has 11 heteroatoms. The van der Waals surface area contributed by atoms with Crippen LogP contribution in [0.2, 0.25) is 0 Å². The molecule has 0 bridgehead atoms. The molecule has 0 spiro atoms. The normalized spacial score (nSPS) is 24.6. The maximum Gasteiger partial charge on any atom is 0.410 e. The minimum atomic E-state index is -0.965. The van der Waals surface area contributed by atoms with E-state index in [4.69, 9.17) is 4.74 Å². The average Bonchev–Trinajstić information content (AvgIpc) is 3.13. The van der Waals surface area contributed by atoms with Crippen LogP contribution >= 0.6 is 0 Å². The predicted octanol–water partition coefficient (Wildman–Crippen LogP) is 1.86. The van der Waals surface area contributed by atoms with Gasteiger partial charge < -0.3 is 14.5 Å². The first kappa shape index (κ1) is 27.1. The summed E-state index contributed by atoms with van der Waals surface area (Å²) in [5.41, 5.74) is 0.959. The Kier molecular flexibility index (Phi) is 7.37. The summed E-state index contributed by atoms with van der Waals surface area (Å²) in [5, 5.41) is 2.22. The summed E-state index contributed by atoms with van der Waals surface area (Å²) in [7, 11) is 0. The SMILES string of the molecule is CC(C)(C)OC(=O)N1CCCC(CN2CCN(c3ccc4c(c3)C(=O)N(C3CCC(=O)NC3=O)C4=O)CC2)C1. The molecule has 210 valence electrons. The molecule has 5 amide bonds. The topological polar surface area (TPSA) is 120 Å². The van der Waals surface area contributed by atoms with E-state index in [-0.39, 0.29) is 18.9 Å². The van der Waals surface area contributed by atoms with Crippen molar-refractivity contribution in [1.29, 1.82) is 0 Å². The van der Waals surface area contributed by atoms with E-state index in [0.29, 0.717) is 23.6 Å². The molecule has 1 aromatic rings. The number of rotatable bonds is 4. The van der Waals surface area contributed by atoms with Crippen LogP contribution in [-0.2, 0) is 14.3 Å². The smallest absolute Gasteiger partial charge is 0.410 e. The molecule has 5 rings (SSSR count). The second kappa shape index (κ2) is 10.6. The Morgan fingerprint density at radius 1 is 0.974 bits per heavy atom. The van der Waals surface area contributed by atoms with Gasteiger partial charge in [-0.25, -0.2) is 4.79 Å². The van der Waals surface area contributed by atoms with Gasteiger partial charge in [-0.2, -0.15) is 0 Å². The zero-order valence-corrected chi connectivity index (χ0v) is 22.9. The number of piperidine rings is 2. The van der Waals surface area contributed by atoms with Gasteiger partial charge in [-0.3, -0.25) is 34.3 Å². The van der Waals surface area contributed by atoms with Gasteiger partial charge in [0.1, 0.15) is 11.6 Å². The van der Waals surface area contributed by atoms with Gasteiger partial charge in [-0.05, 0) is 64.2 Å². The quantitative estimate of drug-likeness (QED) is 0.576. The standard InChI is InChI=1S/C28H37N5O6/c1-28(2,3)39-27(38)32-10-4-5-18(17-32)16-30-11-13-31(14-12-30)19-6-7-20-21(15-19)26(37)33(25(20)36)22-8-9-23(34)29-24(22)35/h6-7,15,18,22H,4-5,8-14,16-17H2,1-3H3,(H,29,34,35). The van der Waals surface area contributed by atoms with Crippen molar-refractivity contribution >= 4 is 35.4 Å². The number of ether oxygens (including phenoxy) is 1. The van der Waals surface area contributed by atoms with Gasteiger partial charge in [0.15, 0.2) is 0 Å². The second-order valence-corrected chi connectivity index (χ2v) is 11.9. The number of fused-ring (bicyclic) bond motifs is 1. The number of nitrogens with zero attached hydrogens (tertiary/aromatic N) is 4. The van der Waals surface area contributed by atoms with Crippen molar-refractivity contribution in [3.8, 4) is 0 Å². The van der Waals surface area contributed by atoms with Gasteiger partial charge in [0.05, 0.1) is 11.1 Å². The average molecular weight is 540 g/mol. The van der Waals surface area contributed by atoms with E-state index in [1.165, 1.54) is 0 Å². The predicted molar refractivity (Wildman–Crippen MR) is 142 cm³/mol. The number of imide groups is 2. The Morgan fingerprint density at radius 3 is 2.38 bits per heavy atom. The Labute approximate surface area is 228 Å². The molecule has 1 N–H and O–H groups in total. The zero-order valence-electron chi connectivity index (χ0n) is 22.9. The van der Waals surface area contributed by atoms with E-state index in [1.54, 1.807) is 12.1 Å². The van der Waals surface area contributed by atoms with Crippen LogP contribution in [0.1, 0.15) is 67.2 Å². The van der Waals surface area contributed by atoms with Crippen LogP contribution in [0.5, 0.6) is 0 Å². The second-order valence-electron chi connectivity index (χ2n) is 11.9. The van der Waals surface area contributed by atoms with Gasteiger partial charge in [-0.15, -0.1) is 0 Å². The van der Waals surface area contributed by atoms with Crippen LogP contribution < -0.4 is 10.2 Å². The number of nitrogens with one attached hydrogen (secondary N) is 1. The molecule has 2 atom stereocenters. The van der Waals surface area contributed by atoms with Crippen LogP contribution in [-0.4, -0.2) is 102 Å². The fourth-order valence-electron chi connectivity index (χ4n) is 5.92. The highest BCUT2D eigenvalue weighted by Crippen LogP contribution is 2.31. The molecule has 39 heavy (non-hydrogen) atoms. The molecule has 0 aliphatic carbocycles. The maximum atomic E-state index is 13.2. The van der Waals surface area contributed by atoms with Crippen molar-refractivity contribution in [3.63, 3.8) is 0 Å². The van der Waals surface area contributed by atoms with E-state index in [9.17, 15) is 24.0 Å². The summed E-state index contributed by atoms with van der Waals surface area (Å²) >= 11 is 0. The first-order valence-corrected chi connectivity index (χ1v) is 13.8. The van der Waals surface area contributed by atoms with Gasteiger partial charge >= 0.3 is 6.09 Å². The third-order valence-corrected chi connectivity index (χ3v) is 7.85. The van der Waals surface area contributed by atoms with Gasteiger partial charge in [0.2, 0.25) is 11.8 Å². The highest BCUT2D eigenvalue weighted by molar-refractivity contribution is 6.23. The van der Waals surface area contributed by atoms with Crippen LogP contribution in [0.15, 0.2) is 18.2 Å². The van der Waals surface area contributed by atoms with Crippen molar-refractivity contribution in [1.82, 2.24) is 20.0 Å². The van der Waals surface area contributed by atoms with E-state index >= 15 is 0 Å². The fraction of sp³-hybridized carbons (Fsp3) is 0.607. The summed E-state index contributed by atoms with van der Waals surface area (Å²) in [6, 6.07) is 4.30. The van der Waals surface area contributed by atoms with Crippen molar-refractivity contribution in [2.24, 2.45) is 5.92 Å². The number of likely N-dealkylation sites (tertiary alicyclic amines) is 1. The molecule has 4 aliphatic rings. The molecule has 2 unspecified atom stereocenters. The maximum absolute atomic E-state index is 13.2. The Morgan fingerprint density at radius 2 is 1.69 bits per heavy atom. The number of benzene rings is 1. The largest absolute Gasteiger partial charge is 0.444 e. The van der Waals surface area contributed by atoms with Crippen molar-refractivity contribution in [3.05, 3.63) is 29.3 Å². The van der Waals surface area contributed by atoms with Crippen LogP contribution in [0.3, 0.4) is 0 Å². The lowest BCUT2D eigenvalue weighted by Gasteiger charge is -2.40. The van der Waals surface area contributed by atoms with Gasteiger partial charge in [0, 0.05) is 57.9 Å². The lowest BCUT2D eigenvalue weighted by atomic mass is 9.97. The first-order chi connectivity index (χ1) is 18.5. The summed E-state index contributed by atoms with van der Waals surface area (Å²) in [6.45, 7) is 11.3. The molecule has 3 fully saturated rings. The lowest BCUT2D eigenvalue weighted by molar-refractivity contribution is -0.136. The third-order valence-electron chi connectivity index (χ3n) is 7.85. The highest BCUT2D eigenvalue weighted by Gasteiger charge is 2.44. The molecular weight excluding hydrogens is 502 g/mol. The molecule has 0 saturated carbocycles. The molecule has 1 aromatic carbocycles. The number of carbonyl (C=O) groups excluding carboxylic acids is 5. The van der Waals surface area contributed by atoms with Crippen LogP contribution in [0.25, 0.3) is 0 Å². The minimum Gasteiger partial charge on any atom is -0.444 e. The number of hydrogen-bond donors (Lipinski definition) is 1. The first-order valence-electron chi connectivity index (χ1n) is 13.8. The Hall–Kier alpha value is -3.47. The molecule has 4 heterocycles.